The molecule has 17 nitrogen and oxygen atoms in total. The minimum absolute atomic E-state index is 0.0195. The van der Waals surface area contributed by atoms with E-state index in [1.54, 1.807) is 25.1 Å². The first kappa shape index (κ1) is 43.5. The lowest BCUT2D eigenvalue weighted by Crippen LogP contribution is -2.43. The van der Waals surface area contributed by atoms with Gasteiger partial charge in [0.05, 0.1) is 49.2 Å². The van der Waals surface area contributed by atoms with Crippen LogP contribution in [0.2, 0.25) is 0 Å². The number of ether oxygens (including phenoxy) is 2. The Balaban J connectivity index is 1.17. The van der Waals surface area contributed by atoms with Crippen LogP contribution >= 0.6 is 0 Å². The van der Waals surface area contributed by atoms with Crippen LogP contribution in [0.4, 0.5) is 22.7 Å². The number of carbonyl (C=O) groups is 6. The summed E-state index contributed by atoms with van der Waals surface area (Å²) in [6.45, 7) is 1.63. The summed E-state index contributed by atoms with van der Waals surface area (Å²) in [6.07, 6.45) is 1.29. The van der Waals surface area contributed by atoms with Crippen LogP contribution in [0.25, 0.3) is 6.08 Å². The van der Waals surface area contributed by atoms with E-state index in [9.17, 15) is 49.3 Å². The van der Waals surface area contributed by atoms with E-state index in [4.69, 9.17) is 9.47 Å². The number of hydrogen-bond acceptors (Lipinski definition) is 11. The zero-order valence-electron chi connectivity index (χ0n) is 32.7. The third-order valence-corrected chi connectivity index (χ3v) is 8.90. The predicted octanol–water partition coefficient (Wildman–Crippen LogP) is 6.01. The third kappa shape index (κ3) is 11.1. The molecule has 17 heteroatoms. The van der Waals surface area contributed by atoms with Crippen LogP contribution in [0.1, 0.15) is 60.3 Å². The summed E-state index contributed by atoms with van der Waals surface area (Å²) in [5.41, 5.74) is 1.92. The number of hydrogen-bond donors (Lipinski definition) is 8. The minimum atomic E-state index is -1.25. The van der Waals surface area contributed by atoms with Gasteiger partial charge in [-0.05, 0) is 110 Å². The second kappa shape index (κ2) is 19.7. The van der Waals surface area contributed by atoms with Crippen LogP contribution in [0.5, 0.6) is 23.0 Å². The van der Waals surface area contributed by atoms with Crippen molar-refractivity contribution in [1.82, 2.24) is 5.32 Å². The summed E-state index contributed by atoms with van der Waals surface area (Å²) in [5, 5.41) is 52.0. The lowest BCUT2D eigenvalue weighted by Gasteiger charge is -2.17. The number of carbonyl (C=O) groups excluding carboxylic acids is 5. The molecular weight excluding hydrogens is 789 g/mol. The summed E-state index contributed by atoms with van der Waals surface area (Å²) in [7, 11) is 2.52. The Morgan fingerprint density at radius 1 is 0.689 bits per heavy atom. The molecule has 0 unspecified atom stereocenters. The lowest BCUT2D eigenvalue weighted by molar-refractivity contribution is -0.118. The lowest BCUT2D eigenvalue weighted by atomic mass is 10.1. The first-order valence-corrected chi connectivity index (χ1v) is 18.1. The number of benzene rings is 5. The van der Waals surface area contributed by atoms with Gasteiger partial charge in [0.2, 0.25) is 5.91 Å². The first-order valence-electron chi connectivity index (χ1n) is 18.1. The quantitative estimate of drug-likeness (QED) is 0.0564. The number of nitrogens with one attached hydrogen (secondary N) is 5. The maximum atomic E-state index is 13.2. The van der Waals surface area contributed by atoms with E-state index in [0.717, 1.165) is 5.56 Å². The topological polar surface area (TPSA) is 266 Å². The summed E-state index contributed by atoms with van der Waals surface area (Å²) in [4.78, 5) is 76.4. The standard InChI is InChI=1S/C44H38N6O11/c1-24(22-25-4-15-31(51)16-5-25)39(53)46-29-11-6-27(7-12-29)41(55)50-35(20-21-45)43(57)47-30-13-8-26(9-14-30)40(54)49-34-19-17-32(37(52)38(34)61-3)42(56)48-33-18-10-28(44(58)59)23-36(33)60-2/h4-19,22-23,35,51-52H,20H2,1-3H3,(H,46,53)(H,47,57)(H,48,56)(H,49,54)(H,50,55)(H,58,59)/b24-22+/t35-/m0/s1. The van der Waals surface area contributed by atoms with Crippen molar-refractivity contribution in [2.24, 2.45) is 0 Å². The summed E-state index contributed by atoms with van der Waals surface area (Å²) < 4.78 is 10.5. The summed E-state index contributed by atoms with van der Waals surface area (Å²) in [6, 6.07) is 24.9. The molecule has 0 spiro atoms. The van der Waals surface area contributed by atoms with Crippen LogP contribution in [-0.2, 0) is 9.59 Å². The Hall–Kier alpha value is -8.65. The number of nitriles is 1. The Labute approximate surface area is 348 Å². The molecule has 5 amide bonds. The molecule has 0 heterocycles. The number of methoxy groups -OCH3 is 2. The SMILES string of the molecule is COc1cc(C(=O)O)ccc1NC(=O)c1ccc(NC(=O)c2ccc(NC(=O)[C@H](CC#N)NC(=O)c3ccc(NC(=O)/C(C)=C/c4ccc(O)cc4)cc3)cc2)c(OC)c1O. The minimum Gasteiger partial charge on any atom is -0.508 e. The number of nitrogens with zero attached hydrogens (tertiary/aromatic N) is 1. The number of carboxylic acids is 1. The van der Waals surface area contributed by atoms with Crippen molar-refractivity contribution in [3.63, 3.8) is 0 Å². The average molecular weight is 827 g/mol. The number of phenols is 2. The van der Waals surface area contributed by atoms with Crippen molar-refractivity contribution in [1.29, 1.82) is 5.26 Å². The first-order chi connectivity index (χ1) is 29.2. The van der Waals surface area contributed by atoms with Gasteiger partial charge in [0.1, 0.15) is 17.5 Å². The second-order valence-electron chi connectivity index (χ2n) is 13.1. The predicted molar refractivity (Wildman–Crippen MR) is 224 cm³/mol. The van der Waals surface area contributed by atoms with E-state index < -0.39 is 41.4 Å². The fraction of sp³-hybridized carbons (Fsp3) is 0.114. The number of anilines is 4. The van der Waals surface area contributed by atoms with Gasteiger partial charge >= 0.3 is 5.97 Å². The van der Waals surface area contributed by atoms with E-state index >= 15 is 0 Å². The number of carboxylic acid groups (broad SMARTS) is 1. The molecule has 0 aromatic heterocycles. The largest absolute Gasteiger partial charge is 0.508 e. The molecule has 61 heavy (non-hydrogen) atoms. The normalized spacial score (nSPS) is 11.2. The van der Waals surface area contributed by atoms with Gasteiger partial charge < -0.3 is 51.4 Å². The molecule has 8 N–H and O–H groups in total. The molecule has 310 valence electrons. The maximum absolute atomic E-state index is 13.2. The van der Waals surface area contributed by atoms with Crippen molar-refractivity contribution in [3.8, 4) is 29.1 Å². The third-order valence-electron chi connectivity index (χ3n) is 8.90. The van der Waals surface area contributed by atoms with Gasteiger partial charge in [0.25, 0.3) is 23.6 Å². The van der Waals surface area contributed by atoms with Crippen molar-refractivity contribution in [3.05, 3.63) is 137 Å². The molecule has 0 bridgehead atoms. The number of phenolic OH excluding ortho intramolecular Hbond substituents is 2. The van der Waals surface area contributed by atoms with Crippen LogP contribution < -0.4 is 36.1 Å². The maximum Gasteiger partial charge on any atom is 0.335 e. The molecular formula is C44H38N6O11. The van der Waals surface area contributed by atoms with Crippen LogP contribution in [0.3, 0.4) is 0 Å². The average Bonchev–Trinajstić information content (AvgIpc) is 3.24. The Bertz CT molecular complexity index is 2570. The van der Waals surface area contributed by atoms with E-state index in [0.29, 0.717) is 11.3 Å². The molecule has 0 aliphatic carbocycles. The molecule has 0 radical (unpaired) electrons. The highest BCUT2D eigenvalue weighted by Crippen LogP contribution is 2.38. The Morgan fingerprint density at radius 2 is 1.26 bits per heavy atom. The molecule has 0 saturated carbocycles. The summed E-state index contributed by atoms with van der Waals surface area (Å²) >= 11 is 0. The molecule has 5 aromatic carbocycles. The molecule has 0 fully saturated rings. The van der Waals surface area contributed by atoms with E-state index in [1.807, 2.05) is 6.07 Å². The van der Waals surface area contributed by atoms with E-state index in [1.165, 1.54) is 105 Å². The van der Waals surface area contributed by atoms with Gasteiger partial charge in [-0.25, -0.2) is 4.79 Å². The van der Waals surface area contributed by atoms with E-state index in [-0.39, 0.29) is 68.9 Å². The molecule has 0 aliphatic heterocycles. The zero-order valence-corrected chi connectivity index (χ0v) is 32.7. The molecule has 1 atom stereocenters. The van der Waals surface area contributed by atoms with Crippen LogP contribution in [0, 0.1) is 11.3 Å². The van der Waals surface area contributed by atoms with Gasteiger partial charge in [0, 0.05) is 28.1 Å². The van der Waals surface area contributed by atoms with Gasteiger partial charge in [-0.15, -0.1) is 0 Å². The highest BCUT2D eigenvalue weighted by atomic mass is 16.5. The molecule has 0 saturated heterocycles. The number of rotatable bonds is 15. The summed E-state index contributed by atoms with van der Waals surface area (Å²) in [5.74, 6) is -5.00. The van der Waals surface area contributed by atoms with Gasteiger partial charge in [-0.3, -0.25) is 24.0 Å². The second-order valence-corrected chi connectivity index (χ2v) is 13.1. The van der Waals surface area contributed by atoms with Crippen LogP contribution in [0.15, 0.2) is 109 Å². The number of aromatic hydroxyl groups is 2. The van der Waals surface area contributed by atoms with Crippen LogP contribution in [-0.4, -0.2) is 71.1 Å². The smallest absolute Gasteiger partial charge is 0.335 e. The molecule has 5 rings (SSSR count). The molecule has 5 aromatic rings. The number of aromatic carboxylic acids is 1. The highest BCUT2D eigenvalue weighted by molar-refractivity contribution is 6.10. The fourth-order valence-corrected chi connectivity index (χ4v) is 5.67. The van der Waals surface area contributed by atoms with Gasteiger partial charge in [-0.2, -0.15) is 5.26 Å². The van der Waals surface area contributed by atoms with Gasteiger partial charge in [0.15, 0.2) is 11.5 Å². The zero-order chi connectivity index (χ0) is 44.2. The van der Waals surface area contributed by atoms with Crippen molar-refractivity contribution in [2.75, 3.05) is 35.5 Å². The highest BCUT2D eigenvalue weighted by Gasteiger charge is 2.24. The Kier molecular flexibility index (Phi) is 14.0. The monoisotopic (exact) mass is 826 g/mol. The number of amides is 5. The van der Waals surface area contributed by atoms with Crippen molar-refractivity contribution >= 4 is 64.3 Å². The van der Waals surface area contributed by atoms with E-state index in [2.05, 4.69) is 26.6 Å². The fourth-order valence-electron chi connectivity index (χ4n) is 5.67. The van der Waals surface area contributed by atoms with Crippen molar-refractivity contribution in [2.45, 2.75) is 19.4 Å². The van der Waals surface area contributed by atoms with Crippen molar-refractivity contribution < 1.29 is 53.6 Å². The molecule has 0 aliphatic rings. The Morgan fingerprint density at radius 3 is 1.85 bits per heavy atom. The van der Waals surface area contributed by atoms with Gasteiger partial charge in [-0.1, -0.05) is 12.1 Å².